The first-order valence-corrected chi connectivity index (χ1v) is 6.68. The highest BCUT2D eigenvalue weighted by molar-refractivity contribution is 5.77. The molecule has 4 nitrogen and oxygen atoms in total. The van der Waals surface area contributed by atoms with Crippen molar-refractivity contribution in [2.75, 3.05) is 31.1 Å². The molecule has 0 radical (unpaired) electrons. The molecule has 1 heterocycles. The van der Waals surface area contributed by atoms with Crippen LogP contribution in [0.3, 0.4) is 0 Å². The van der Waals surface area contributed by atoms with Gasteiger partial charge in [0.1, 0.15) is 0 Å². The van der Waals surface area contributed by atoms with Gasteiger partial charge >= 0.3 is 0 Å². The summed E-state index contributed by atoms with van der Waals surface area (Å²) >= 11 is 0. The predicted molar refractivity (Wildman–Crippen MR) is 74.6 cm³/mol. The van der Waals surface area contributed by atoms with Crippen LogP contribution in [0.2, 0.25) is 0 Å². The van der Waals surface area contributed by atoms with E-state index in [1.54, 1.807) is 6.92 Å². The first-order chi connectivity index (χ1) is 9.20. The smallest absolute Gasteiger partial charge is 0.224 e. The second-order valence-electron chi connectivity index (χ2n) is 4.94. The van der Waals surface area contributed by atoms with Crippen LogP contribution in [0.15, 0.2) is 30.3 Å². The topological polar surface area (TPSA) is 47.3 Å². The number of carbonyl (C=O) groups is 1. The highest BCUT2D eigenvalue weighted by Crippen LogP contribution is 2.16. The third-order valence-corrected chi connectivity index (χ3v) is 3.45. The summed E-state index contributed by atoms with van der Waals surface area (Å²) in [6.07, 6.45) is 0.335. The molecule has 1 amide bonds. The van der Waals surface area contributed by atoms with Crippen molar-refractivity contribution in [3.05, 3.63) is 30.3 Å². The van der Waals surface area contributed by atoms with Gasteiger partial charge in [0.25, 0.3) is 0 Å². The average molecular weight is 257 g/mol. The maximum atomic E-state index is 12.0. The Balaban J connectivity index is 1.86. The van der Waals surface area contributed by atoms with Crippen LogP contribution in [-0.4, -0.2) is 37.0 Å². The molecular formula is C15H19N3O. The molecule has 100 valence electrons. The number of hydrogen-bond acceptors (Lipinski definition) is 3. The first kappa shape index (κ1) is 13.4. The van der Waals surface area contributed by atoms with E-state index in [2.05, 4.69) is 23.1 Å². The number of nitriles is 1. The molecule has 1 fully saturated rings. The van der Waals surface area contributed by atoms with E-state index in [0.717, 1.165) is 26.2 Å². The van der Waals surface area contributed by atoms with Gasteiger partial charge in [0.2, 0.25) is 5.91 Å². The lowest BCUT2D eigenvalue weighted by atomic mass is 10.1. The van der Waals surface area contributed by atoms with Crippen molar-refractivity contribution in [2.24, 2.45) is 5.92 Å². The molecule has 0 aromatic heterocycles. The Kier molecular flexibility index (Phi) is 4.40. The zero-order valence-corrected chi connectivity index (χ0v) is 11.2. The van der Waals surface area contributed by atoms with Crippen LogP contribution in [0.25, 0.3) is 0 Å². The zero-order valence-electron chi connectivity index (χ0n) is 11.2. The molecule has 1 saturated heterocycles. The zero-order chi connectivity index (χ0) is 13.7. The van der Waals surface area contributed by atoms with Crippen molar-refractivity contribution >= 4 is 11.6 Å². The Labute approximate surface area is 114 Å². The Bertz CT molecular complexity index is 458. The molecule has 1 atom stereocenters. The van der Waals surface area contributed by atoms with E-state index in [9.17, 15) is 4.79 Å². The van der Waals surface area contributed by atoms with Crippen molar-refractivity contribution in [2.45, 2.75) is 13.3 Å². The summed E-state index contributed by atoms with van der Waals surface area (Å²) in [5.41, 5.74) is 1.21. The maximum Gasteiger partial charge on any atom is 0.224 e. The van der Waals surface area contributed by atoms with Crippen LogP contribution in [-0.2, 0) is 4.79 Å². The van der Waals surface area contributed by atoms with Gasteiger partial charge in [0.05, 0.1) is 12.0 Å². The van der Waals surface area contributed by atoms with Gasteiger partial charge in [-0.15, -0.1) is 0 Å². The second kappa shape index (κ2) is 6.24. The molecule has 0 N–H and O–H groups in total. The summed E-state index contributed by atoms with van der Waals surface area (Å²) in [4.78, 5) is 16.1. The molecule has 1 unspecified atom stereocenters. The quantitative estimate of drug-likeness (QED) is 0.830. The molecule has 1 aromatic rings. The second-order valence-corrected chi connectivity index (χ2v) is 4.94. The third-order valence-electron chi connectivity index (χ3n) is 3.45. The Morgan fingerprint density at radius 3 is 2.47 bits per heavy atom. The van der Waals surface area contributed by atoms with Crippen molar-refractivity contribution in [1.82, 2.24) is 4.90 Å². The van der Waals surface area contributed by atoms with Crippen molar-refractivity contribution in [3.63, 3.8) is 0 Å². The number of hydrogen-bond donors (Lipinski definition) is 0. The van der Waals surface area contributed by atoms with E-state index in [-0.39, 0.29) is 11.8 Å². The van der Waals surface area contributed by atoms with Crippen LogP contribution in [0.4, 0.5) is 5.69 Å². The van der Waals surface area contributed by atoms with Crippen LogP contribution in [0, 0.1) is 17.2 Å². The minimum Gasteiger partial charge on any atom is -0.368 e. The maximum absolute atomic E-state index is 12.0. The molecule has 1 aliphatic rings. The molecule has 0 spiro atoms. The monoisotopic (exact) mass is 257 g/mol. The van der Waals surface area contributed by atoms with Gasteiger partial charge in [-0.05, 0) is 19.1 Å². The summed E-state index contributed by atoms with van der Waals surface area (Å²) in [6, 6.07) is 12.4. The Morgan fingerprint density at radius 1 is 1.26 bits per heavy atom. The lowest BCUT2D eigenvalue weighted by Gasteiger charge is -2.36. The largest absolute Gasteiger partial charge is 0.368 e. The predicted octanol–water partition coefficient (Wildman–Crippen LogP) is 1.88. The molecule has 0 saturated carbocycles. The molecule has 4 heteroatoms. The molecule has 1 aromatic carbocycles. The average Bonchev–Trinajstić information content (AvgIpc) is 2.48. The summed E-state index contributed by atoms with van der Waals surface area (Å²) < 4.78 is 0. The van der Waals surface area contributed by atoms with E-state index >= 15 is 0 Å². The van der Waals surface area contributed by atoms with Gasteiger partial charge in [-0.1, -0.05) is 18.2 Å². The molecule has 19 heavy (non-hydrogen) atoms. The minimum absolute atomic E-state index is 0.0989. The van der Waals surface area contributed by atoms with Crippen molar-refractivity contribution in [3.8, 4) is 6.07 Å². The van der Waals surface area contributed by atoms with E-state index in [4.69, 9.17) is 5.26 Å². The number of rotatable bonds is 3. The van der Waals surface area contributed by atoms with Crippen LogP contribution in [0.1, 0.15) is 13.3 Å². The number of benzene rings is 1. The molecular weight excluding hydrogens is 238 g/mol. The normalized spacial score (nSPS) is 16.8. The van der Waals surface area contributed by atoms with Gasteiger partial charge in [-0.3, -0.25) is 4.79 Å². The van der Waals surface area contributed by atoms with Crippen LogP contribution in [0.5, 0.6) is 0 Å². The van der Waals surface area contributed by atoms with Crippen molar-refractivity contribution < 1.29 is 4.79 Å². The summed E-state index contributed by atoms with van der Waals surface area (Å²) in [6.45, 7) is 4.99. The fourth-order valence-corrected chi connectivity index (χ4v) is 2.29. The van der Waals surface area contributed by atoms with Crippen LogP contribution >= 0.6 is 0 Å². The van der Waals surface area contributed by atoms with E-state index in [1.165, 1.54) is 5.69 Å². The lowest BCUT2D eigenvalue weighted by Crippen LogP contribution is -2.49. The van der Waals surface area contributed by atoms with Gasteiger partial charge in [0.15, 0.2) is 0 Å². The molecule has 1 aliphatic heterocycles. The number of piperazine rings is 1. The fraction of sp³-hybridized carbons (Fsp3) is 0.467. The number of amides is 1. The van der Waals surface area contributed by atoms with Gasteiger partial charge in [-0.2, -0.15) is 5.26 Å². The number of para-hydroxylation sites is 1. The molecule has 0 aliphatic carbocycles. The molecule has 2 rings (SSSR count). The SMILES string of the molecule is CC(C#N)CC(=O)N1CCN(c2ccccc2)CC1. The van der Waals surface area contributed by atoms with Gasteiger partial charge < -0.3 is 9.80 Å². The van der Waals surface area contributed by atoms with Gasteiger partial charge in [-0.25, -0.2) is 0 Å². The Morgan fingerprint density at radius 2 is 1.89 bits per heavy atom. The lowest BCUT2D eigenvalue weighted by molar-refractivity contribution is -0.132. The highest BCUT2D eigenvalue weighted by Gasteiger charge is 2.22. The van der Waals surface area contributed by atoms with E-state index < -0.39 is 0 Å². The number of nitrogens with zero attached hydrogens (tertiary/aromatic N) is 3. The highest BCUT2D eigenvalue weighted by atomic mass is 16.2. The van der Waals surface area contributed by atoms with E-state index in [1.807, 2.05) is 23.1 Å². The summed E-state index contributed by atoms with van der Waals surface area (Å²) in [7, 11) is 0. The number of carbonyl (C=O) groups excluding carboxylic acids is 1. The standard InChI is InChI=1S/C15H19N3O/c1-13(12-16)11-15(19)18-9-7-17(8-10-18)14-5-3-2-4-6-14/h2-6,13H,7-11H2,1H3. The molecule has 0 bridgehead atoms. The summed E-state index contributed by atoms with van der Waals surface area (Å²) in [5.74, 6) is -0.0959. The minimum atomic E-state index is -0.195. The number of anilines is 1. The van der Waals surface area contributed by atoms with Crippen molar-refractivity contribution in [1.29, 1.82) is 5.26 Å². The van der Waals surface area contributed by atoms with Gasteiger partial charge in [0, 0.05) is 38.3 Å². The van der Waals surface area contributed by atoms with E-state index in [0.29, 0.717) is 6.42 Å². The Hall–Kier alpha value is -2.02. The van der Waals surface area contributed by atoms with Crippen LogP contribution < -0.4 is 4.90 Å². The fourth-order valence-electron chi connectivity index (χ4n) is 2.29. The third kappa shape index (κ3) is 3.47. The first-order valence-electron chi connectivity index (χ1n) is 6.68. The summed E-state index contributed by atoms with van der Waals surface area (Å²) in [5, 5.41) is 8.74.